The first kappa shape index (κ1) is 16.9. The molecule has 1 amide bonds. The Balaban J connectivity index is 2.10. The van der Waals surface area contributed by atoms with Crippen LogP contribution in [0.3, 0.4) is 0 Å². The molecule has 0 atom stereocenters. The molecule has 0 radical (unpaired) electrons. The predicted molar refractivity (Wildman–Crippen MR) is 102 cm³/mol. The molecule has 0 saturated carbocycles. The van der Waals surface area contributed by atoms with Crippen LogP contribution in [-0.2, 0) is 11.3 Å². The monoisotopic (exact) mass is 377 g/mol. The minimum absolute atomic E-state index is 0.0777. The number of thiophene rings is 2. The first-order chi connectivity index (χ1) is 11.6. The molecule has 2 N–H and O–H groups in total. The van der Waals surface area contributed by atoms with E-state index in [-0.39, 0.29) is 17.9 Å². The number of fused-ring (bicyclic) bond motifs is 1. The minimum atomic E-state index is -0.364. The number of hydrogen-bond donors (Lipinski definition) is 1. The average Bonchev–Trinajstić information content (AvgIpc) is 3.19. The molecule has 3 aromatic rings. The molecular weight excluding hydrogens is 362 g/mol. The van der Waals surface area contributed by atoms with E-state index in [1.165, 1.54) is 23.1 Å². The zero-order valence-electron chi connectivity index (χ0n) is 12.7. The van der Waals surface area contributed by atoms with Crippen molar-refractivity contribution in [2.75, 3.05) is 5.75 Å². The second kappa shape index (κ2) is 7.33. The molecule has 0 aromatic carbocycles. The maximum absolute atomic E-state index is 13.0. The quantitative estimate of drug-likeness (QED) is 0.389. The first-order valence-corrected chi connectivity index (χ1v) is 9.94. The number of rotatable bonds is 7. The number of hydrogen-bond acceptors (Lipinski definition) is 6. The molecule has 124 valence electrons. The topological polar surface area (TPSA) is 78.0 Å². The van der Waals surface area contributed by atoms with Gasteiger partial charge in [0.15, 0.2) is 5.16 Å². The predicted octanol–water partition coefficient (Wildman–Crippen LogP) is 3.34. The third kappa shape index (κ3) is 3.31. The number of aromatic nitrogens is 2. The molecular formula is C16H15N3O2S3. The van der Waals surface area contributed by atoms with Gasteiger partial charge < -0.3 is 5.73 Å². The van der Waals surface area contributed by atoms with E-state index >= 15 is 0 Å². The third-order valence-electron chi connectivity index (χ3n) is 3.34. The van der Waals surface area contributed by atoms with Gasteiger partial charge >= 0.3 is 0 Å². The zero-order chi connectivity index (χ0) is 17.1. The van der Waals surface area contributed by atoms with E-state index in [4.69, 9.17) is 5.73 Å². The van der Waals surface area contributed by atoms with Gasteiger partial charge in [0.1, 0.15) is 4.83 Å². The van der Waals surface area contributed by atoms with Crippen LogP contribution in [0.2, 0.25) is 0 Å². The van der Waals surface area contributed by atoms with E-state index in [1.807, 2.05) is 22.9 Å². The van der Waals surface area contributed by atoms with Gasteiger partial charge in [-0.15, -0.1) is 29.3 Å². The molecule has 0 aliphatic carbocycles. The largest absolute Gasteiger partial charge is 0.370 e. The Morgan fingerprint density at radius 3 is 2.96 bits per heavy atom. The number of carbonyl (C=O) groups is 1. The molecule has 0 aliphatic heterocycles. The SMILES string of the molecule is C=CCn1c(SCCC(N)=O)nc2scc(-c3cccs3)c2c1=O. The molecule has 0 fully saturated rings. The van der Waals surface area contributed by atoms with Gasteiger partial charge in [0.2, 0.25) is 5.91 Å². The van der Waals surface area contributed by atoms with Crippen molar-refractivity contribution < 1.29 is 4.79 Å². The summed E-state index contributed by atoms with van der Waals surface area (Å²) in [7, 11) is 0. The molecule has 24 heavy (non-hydrogen) atoms. The van der Waals surface area contributed by atoms with Crippen LogP contribution in [0.25, 0.3) is 20.7 Å². The molecule has 0 aliphatic rings. The van der Waals surface area contributed by atoms with Crippen LogP contribution in [0.15, 0.2) is 45.5 Å². The molecule has 3 heterocycles. The van der Waals surface area contributed by atoms with Crippen LogP contribution in [0.5, 0.6) is 0 Å². The Hall–Kier alpha value is -1.90. The highest BCUT2D eigenvalue weighted by Crippen LogP contribution is 2.34. The van der Waals surface area contributed by atoms with Crippen molar-refractivity contribution in [2.24, 2.45) is 5.73 Å². The standard InChI is InChI=1S/C16H15N3O2S3/c1-2-6-19-15(21)13-10(11-4-3-7-22-11)9-24-14(13)18-16(19)23-8-5-12(17)20/h2-4,7,9H,1,5-6,8H2,(H2,17,20). The number of thioether (sulfide) groups is 1. The molecule has 3 aromatic heterocycles. The molecule has 0 unspecified atom stereocenters. The van der Waals surface area contributed by atoms with Crippen molar-refractivity contribution in [2.45, 2.75) is 18.1 Å². The first-order valence-electron chi connectivity index (χ1n) is 7.19. The van der Waals surface area contributed by atoms with Crippen molar-refractivity contribution in [3.63, 3.8) is 0 Å². The lowest BCUT2D eigenvalue weighted by Crippen LogP contribution is -2.22. The average molecular weight is 378 g/mol. The summed E-state index contributed by atoms with van der Waals surface area (Å²) < 4.78 is 1.60. The fourth-order valence-electron chi connectivity index (χ4n) is 2.26. The Kier molecular flexibility index (Phi) is 5.17. The molecule has 0 bridgehead atoms. The van der Waals surface area contributed by atoms with Crippen molar-refractivity contribution in [1.29, 1.82) is 0 Å². The second-order valence-electron chi connectivity index (χ2n) is 4.97. The highest BCUT2D eigenvalue weighted by molar-refractivity contribution is 7.99. The van der Waals surface area contributed by atoms with Crippen LogP contribution in [0.1, 0.15) is 6.42 Å². The zero-order valence-corrected chi connectivity index (χ0v) is 15.2. The van der Waals surface area contributed by atoms with Crippen molar-refractivity contribution >= 4 is 50.6 Å². The number of carbonyl (C=O) groups excluding carboxylic acids is 1. The van der Waals surface area contributed by atoms with Gasteiger partial charge in [-0.2, -0.15) is 0 Å². The highest BCUT2D eigenvalue weighted by Gasteiger charge is 2.17. The van der Waals surface area contributed by atoms with E-state index in [2.05, 4.69) is 11.6 Å². The van der Waals surface area contributed by atoms with Crippen LogP contribution >= 0.6 is 34.4 Å². The molecule has 0 spiro atoms. The third-order valence-corrected chi connectivity index (χ3v) is 6.09. The van der Waals surface area contributed by atoms with Crippen LogP contribution in [0, 0.1) is 0 Å². The van der Waals surface area contributed by atoms with Gasteiger partial charge in [0.25, 0.3) is 5.56 Å². The molecule has 8 heteroatoms. The van der Waals surface area contributed by atoms with Crippen LogP contribution < -0.4 is 11.3 Å². The van der Waals surface area contributed by atoms with Crippen molar-refractivity contribution in [3.8, 4) is 10.4 Å². The minimum Gasteiger partial charge on any atom is -0.370 e. The summed E-state index contributed by atoms with van der Waals surface area (Å²) in [5, 5.41) is 5.20. The normalized spacial score (nSPS) is 11.0. The van der Waals surface area contributed by atoms with Crippen LogP contribution in [-0.4, -0.2) is 21.2 Å². The summed E-state index contributed by atoms with van der Waals surface area (Å²) >= 11 is 4.42. The maximum Gasteiger partial charge on any atom is 0.263 e. The summed E-state index contributed by atoms with van der Waals surface area (Å²) in [5.41, 5.74) is 6.02. The van der Waals surface area contributed by atoms with E-state index in [9.17, 15) is 9.59 Å². The van der Waals surface area contributed by atoms with E-state index < -0.39 is 0 Å². The Labute approximate surface area is 150 Å². The number of allylic oxidation sites excluding steroid dienone is 1. The summed E-state index contributed by atoms with van der Waals surface area (Å²) in [4.78, 5) is 30.3. The summed E-state index contributed by atoms with van der Waals surface area (Å²) in [6.45, 7) is 4.10. The molecule has 0 saturated heterocycles. The van der Waals surface area contributed by atoms with Gasteiger partial charge in [-0.1, -0.05) is 23.9 Å². The number of primary amides is 1. The van der Waals surface area contributed by atoms with Crippen molar-refractivity contribution in [3.05, 3.63) is 45.9 Å². The molecule has 5 nitrogen and oxygen atoms in total. The second-order valence-corrected chi connectivity index (χ2v) is 7.84. The van der Waals surface area contributed by atoms with Gasteiger partial charge in [-0.3, -0.25) is 14.2 Å². The number of nitrogens with zero attached hydrogens (tertiary/aromatic N) is 2. The lowest BCUT2D eigenvalue weighted by molar-refractivity contribution is -0.117. The fraction of sp³-hybridized carbons (Fsp3) is 0.188. The number of amides is 1. The Morgan fingerprint density at radius 1 is 1.46 bits per heavy atom. The van der Waals surface area contributed by atoms with Gasteiger partial charge in [-0.25, -0.2) is 4.98 Å². The summed E-state index contributed by atoms with van der Waals surface area (Å²) in [6, 6.07) is 3.96. The van der Waals surface area contributed by atoms with Gasteiger partial charge in [0.05, 0.1) is 5.39 Å². The highest BCUT2D eigenvalue weighted by atomic mass is 32.2. The Morgan fingerprint density at radius 2 is 2.29 bits per heavy atom. The lowest BCUT2D eigenvalue weighted by atomic mass is 10.2. The Bertz CT molecular complexity index is 942. The summed E-state index contributed by atoms with van der Waals surface area (Å²) in [6.07, 6.45) is 1.92. The fourth-order valence-corrected chi connectivity index (χ4v) is 5.03. The van der Waals surface area contributed by atoms with Crippen molar-refractivity contribution in [1.82, 2.24) is 9.55 Å². The molecule has 3 rings (SSSR count). The lowest BCUT2D eigenvalue weighted by Gasteiger charge is -2.10. The van der Waals surface area contributed by atoms with Gasteiger partial charge in [-0.05, 0) is 11.4 Å². The van der Waals surface area contributed by atoms with E-state index in [0.29, 0.717) is 27.7 Å². The van der Waals surface area contributed by atoms with Crippen LogP contribution in [0.4, 0.5) is 0 Å². The maximum atomic E-state index is 13.0. The number of nitrogens with two attached hydrogens (primary N) is 1. The smallest absolute Gasteiger partial charge is 0.263 e. The summed E-state index contributed by atoms with van der Waals surface area (Å²) in [5.74, 6) is 0.130. The van der Waals surface area contributed by atoms with E-state index in [1.54, 1.807) is 22.0 Å². The van der Waals surface area contributed by atoms with Gasteiger partial charge in [0, 0.05) is 34.5 Å². The van der Waals surface area contributed by atoms with E-state index in [0.717, 1.165) is 10.4 Å².